The monoisotopic (exact) mass is 219 g/mol. The van der Waals surface area contributed by atoms with Crippen LogP contribution in [0.15, 0.2) is 24.3 Å². The molecule has 88 valence electrons. The maximum absolute atomic E-state index is 5.73. The van der Waals surface area contributed by atoms with Gasteiger partial charge in [-0.3, -0.25) is 0 Å². The molecule has 0 aromatic heterocycles. The number of benzene rings is 1. The molecule has 1 aromatic carbocycles. The van der Waals surface area contributed by atoms with E-state index in [0.717, 1.165) is 25.4 Å². The molecule has 0 saturated carbocycles. The lowest BCUT2D eigenvalue weighted by Gasteiger charge is -2.35. The molecular formula is C14H21NO. The fourth-order valence-electron chi connectivity index (χ4n) is 2.53. The van der Waals surface area contributed by atoms with Gasteiger partial charge in [-0.25, -0.2) is 0 Å². The van der Waals surface area contributed by atoms with Crippen LogP contribution in [0.2, 0.25) is 0 Å². The first-order valence-electron chi connectivity index (χ1n) is 6.19. The van der Waals surface area contributed by atoms with Gasteiger partial charge in [0.2, 0.25) is 0 Å². The van der Waals surface area contributed by atoms with Crippen molar-refractivity contribution < 1.29 is 4.74 Å². The summed E-state index contributed by atoms with van der Waals surface area (Å²) in [7, 11) is 0. The summed E-state index contributed by atoms with van der Waals surface area (Å²) in [5.74, 6) is 1.05. The molecule has 1 atom stereocenters. The highest BCUT2D eigenvalue weighted by Gasteiger charge is 2.31. The van der Waals surface area contributed by atoms with Gasteiger partial charge in [0.25, 0.3) is 0 Å². The van der Waals surface area contributed by atoms with E-state index in [-0.39, 0.29) is 5.41 Å². The Morgan fingerprint density at radius 3 is 2.88 bits per heavy atom. The smallest absolute Gasteiger partial charge is 0.123 e. The lowest BCUT2D eigenvalue weighted by atomic mass is 9.76. The fourth-order valence-corrected chi connectivity index (χ4v) is 2.53. The van der Waals surface area contributed by atoms with E-state index in [2.05, 4.69) is 30.4 Å². The SMILES string of the molecule is CCOc1ccccc1C1(C)CCCNC1. The molecule has 1 saturated heterocycles. The molecule has 1 aliphatic rings. The summed E-state index contributed by atoms with van der Waals surface area (Å²) in [6.45, 7) is 7.30. The van der Waals surface area contributed by atoms with Crippen LogP contribution in [0.5, 0.6) is 5.75 Å². The maximum Gasteiger partial charge on any atom is 0.123 e. The van der Waals surface area contributed by atoms with E-state index in [1.807, 2.05) is 13.0 Å². The first-order valence-corrected chi connectivity index (χ1v) is 6.19. The average molecular weight is 219 g/mol. The van der Waals surface area contributed by atoms with Crippen LogP contribution in [0.1, 0.15) is 32.3 Å². The molecule has 0 radical (unpaired) electrons. The first kappa shape index (κ1) is 11.5. The number of ether oxygens (including phenoxy) is 1. The van der Waals surface area contributed by atoms with Crippen LogP contribution in [0.3, 0.4) is 0 Å². The first-order chi connectivity index (χ1) is 7.76. The predicted molar refractivity (Wildman–Crippen MR) is 67.1 cm³/mol. The van der Waals surface area contributed by atoms with Crippen molar-refractivity contribution >= 4 is 0 Å². The Bertz CT molecular complexity index is 342. The Kier molecular flexibility index (Phi) is 3.49. The Morgan fingerprint density at radius 2 is 2.19 bits per heavy atom. The van der Waals surface area contributed by atoms with Gasteiger partial charge >= 0.3 is 0 Å². The molecule has 2 rings (SSSR count). The molecule has 1 unspecified atom stereocenters. The van der Waals surface area contributed by atoms with Gasteiger partial charge in [-0.1, -0.05) is 25.1 Å². The Hall–Kier alpha value is -1.02. The molecule has 1 fully saturated rings. The second-order valence-electron chi connectivity index (χ2n) is 4.77. The third-order valence-electron chi connectivity index (χ3n) is 3.43. The predicted octanol–water partition coefficient (Wildman–Crippen LogP) is 2.73. The highest BCUT2D eigenvalue weighted by atomic mass is 16.5. The van der Waals surface area contributed by atoms with Crippen LogP contribution in [-0.4, -0.2) is 19.7 Å². The van der Waals surface area contributed by atoms with E-state index in [0.29, 0.717) is 0 Å². The van der Waals surface area contributed by atoms with Gasteiger partial charge in [0.05, 0.1) is 6.61 Å². The van der Waals surface area contributed by atoms with Gasteiger partial charge in [-0.05, 0) is 32.4 Å². The maximum atomic E-state index is 5.73. The standard InChI is InChI=1S/C14H21NO/c1-3-16-13-8-5-4-7-12(13)14(2)9-6-10-15-11-14/h4-5,7-8,15H,3,6,9-11H2,1-2H3. The number of para-hydroxylation sites is 1. The topological polar surface area (TPSA) is 21.3 Å². The second-order valence-corrected chi connectivity index (χ2v) is 4.77. The van der Waals surface area contributed by atoms with E-state index in [4.69, 9.17) is 4.74 Å². The zero-order valence-corrected chi connectivity index (χ0v) is 10.3. The number of rotatable bonds is 3. The molecule has 16 heavy (non-hydrogen) atoms. The van der Waals surface area contributed by atoms with Gasteiger partial charge in [-0.2, -0.15) is 0 Å². The van der Waals surface area contributed by atoms with E-state index in [9.17, 15) is 0 Å². The van der Waals surface area contributed by atoms with Crippen LogP contribution >= 0.6 is 0 Å². The molecule has 1 heterocycles. The summed E-state index contributed by atoms with van der Waals surface area (Å²) in [4.78, 5) is 0. The molecule has 2 heteroatoms. The lowest BCUT2D eigenvalue weighted by molar-refractivity contribution is 0.299. The molecule has 2 nitrogen and oxygen atoms in total. The zero-order chi connectivity index (χ0) is 11.4. The summed E-state index contributed by atoms with van der Waals surface area (Å²) in [5.41, 5.74) is 1.58. The van der Waals surface area contributed by atoms with Gasteiger partial charge in [0.15, 0.2) is 0 Å². The number of hydrogen-bond donors (Lipinski definition) is 1. The summed E-state index contributed by atoms with van der Waals surface area (Å²) in [6.07, 6.45) is 2.49. The van der Waals surface area contributed by atoms with Crippen LogP contribution in [0.25, 0.3) is 0 Å². The highest BCUT2D eigenvalue weighted by molar-refractivity contribution is 5.40. The number of nitrogens with one attached hydrogen (secondary N) is 1. The van der Waals surface area contributed by atoms with E-state index < -0.39 is 0 Å². The molecule has 0 aliphatic carbocycles. The van der Waals surface area contributed by atoms with Gasteiger partial charge in [0.1, 0.15) is 5.75 Å². The summed E-state index contributed by atoms with van der Waals surface area (Å²) in [5, 5.41) is 3.49. The van der Waals surface area contributed by atoms with Crippen molar-refractivity contribution in [2.24, 2.45) is 0 Å². The van der Waals surface area contributed by atoms with Crippen molar-refractivity contribution in [2.75, 3.05) is 19.7 Å². The van der Waals surface area contributed by atoms with Crippen molar-refractivity contribution in [1.82, 2.24) is 5.32 Å². The minimum Gasteiger partial charge on any atom is -0.494 e. The minimum absolute atomic E-state index is 0.226. The Labute approximate surface area is 98.0 Å². The molecule has 1 aromatic rings. The Balaban J connectivity index is 2.30. The highest BCUT2D eigenvalue weighted by Crippen LogP contribution is 2.36. The number of piperidine rings is 1. The van der Waals surface area contributed by atoms with Crippen LogP contribution in [0.4, 0.5) is 0 Å². The lowest BCUT2D eigenvalue weighted by Crippen LogP contribution is -2.41. The minimum atomic E-state index is 0.226. The molecule has 1 N–H and O–H groups in total. The summed E-state index contributed by atoms with van der Waals surface area (Å²) >= 11 is 0. The fraction of sp³-hybridized carbons (Fsp3) is 0.571. The van der Waals surface area contributed by atoms with Crippen LogP contribution in [0, 0.1) is 0 Å². The van der Waals surface area contributed by atoms with Crippen molar-refractivity contribution in [3.05, 3.63) is 29.8 Å². The van der Waals surface area contributed by atoms with Crippen molar-refractivity contribution in [1.29, 1.82) is 0 Å². The molecule has 0 spiro atoms. The largest absolute Gasteiger partial charge is 0.494 e. The van der Waals surface area contributed by atoms with Gasteiger partial charge in [0, 0.05) is 17.5 Å². The normalized spacial score (nSPS) is 25.4. The average Bonchev–Trinajstić information content (AvgIpc) is 2.31. The van der Waals surface area contributed by atoms with E-state index in [1.165, 1.54) is 18.4 Å². The molecular weight excluding hydrogens is 198 g/mol. The summed E-state index contributed by atoms with van der Waals surface area (Å²) < 4.78 is 5.73. The van der Waals surface area contributed by atoms with E-state index in [1.54, 1.807) is 0 Å². The van der Waals surface area contributed by atoms with Crippen LogP contribution < -0.4 is 10.1 Å². The van der Waals surface area contributed by atoms with E-state index >= 15 is 0 Å². The van der Waals surface area contributed by atoms with Gasteiger partial charge < -0.3 is 10.1 Å². The zero-order valence-electron chi connectivity index (χ0n) is 10.3. The Morgan fingerprint density at radius 1 is 1.38 bits per heavy atom. The number of hydrogen-bond acceptors (Lipinski definition) is 2. The van der Waals surface area contributed by atoms with Crippen molar-refractivity contribution in [3.8, 4) is 5.75 Å². The van der Waals surface area contributed by atoms with Crippen LogP contribution in [-0.2, 0) is 5.41 Å². The molecule has 1 aliphatic heterocycles. The van der Waals surface area contributed by atoms with Gasteiger partial charge in [-0.15, -0.1) is 0 Å². The van der Waals surface area contributed by atoms with Crippen molar-refractivity contribution in [3.63, 3.8) is 0 Å². The quantitative estimate of drug-likeness (QED) is 0.844. The third kappa shape index (κ3) is 2.22. The molecule has 0 bridgehead atoms. The third-order valence-corrected chi connectivity index (χ3v) is 3.43. The second kappa shape index (κ2) is 4.88. The summed E-state index contributed by atoms with van der Waals surface area (Å²) in [6, 6.07) is 8.45. The molecule has 0 amide bonds. The van der Waals surface area contributed by atoms with Crippen molar-refractivity contribution in [2.45, 2.75) is 32.1 Å².